The van der Waals surface area contributed by atoms with Crippen molar-refractivity contribution in [2.24, 2.45) is 5.73 Å². The average molecular weight is 196 g/mol. The van der Waals surface area contributed by atoms with Crippen molar-refractivity contribution in [2.75, 3.05) is 13.1 Å². The van der Waals surface area contributed by atoms with E-state index in [1.807, 2.05) is 0 Å². The summed E-state index contributed by atoms with van der Waals surface area (Å²) in [5.74, 6) is 0.961. The van der Waals surface area contributed by atoms with Crippen molar-refractivity contribution < 1.29 is 0 Å². The summed E-state index contributed by atoms with van der Waals surface area (Å²) in [6.45, 7) is 2.08. The molecule has 0 saturated carbocycles. The van der Waals surface area contributed by atoms with Crippen LogP contribution >= 0.6 is 0 Å². The standard InChI is InChI=1S/C10H20N4/c11-9(12)5-4-6-10(13)14-7-2-1-3-8-14/h13H,1-8H2,(H3,11,12). The normalized spacial score (nSPS) is 16.7. The van der Waals surface area contributed by atoms with Gasteiger partial charge in [0.05, 0.1) is 11.7 Å². The van der Waals surface area contributed by atoms with Gasteiger partial charge in [-0.2, -0.15) is 0 Å². The van der Waals surface area contributed by atoms with Crippen LogP contribution in [0.15, 0.2) is 0 Å². The Kier molecular flexibility index (Phi) is 4.43. The Hall–Kier alpha value is -1.06. The molecule has 1 saturated heterocycles. The molecule has 4 heteroatoms. The number of hydrogen-bond donors (Lipinski definition) is 3. The van der Waals surface area contributed by atoms with Gasteiger partial charge in [-0.3, -0.25) is 10.8 Å². The highest BCUT2D eigenvalue weighted by Crippen LogP contribution is 2.11. The van der Waals surface area contributed by atoms with Crippen molar-refractivity contribution in [2.45, 2.75) is 38.5 Å². The number of nitrogens with two attached hydrogens (primary N) is 1. The molecule has 0 aliphatic carbocycles. The molecular formula is C10H20N4. The minimum atomic E-state index is 0.233. The van der Waals surface area contributed by atoms with Gasteiger partial charge in [-0.15, -0.1) is 0 Å². The summed E-state index contributed by atoms with van der Waals surface area (Å²) >= 11 is 0. The summed E-state index contributed by atoms with van der Waals surface area (Å²) in [5.41, 5.74) is 5.26. The quantitative estimate of drug-likeness (QED) is 0.471. The molecule has 1 rings (SSSR count). The highest BCUT2D eigenvalue weighted by atomic mass is 15.2. The topological polar surface area (TPSA) is 77.0 Å². The van der Waals surface area contributed by atoms with E-state index in [-0.39, 0.29) is 5.84 Å². The van der Waals surface area contributed by atoms with Gasteiger partial charge < -0.3 is 10.6 Å². The summed E-state index contributed by atoms with van der Waals surface area (Å²) in [5, 5.41) is 14.9. The summed E-state index contributed by atoms with van der Waals surface area (Å²) in [4.78, 5) is 2.16. The maximum Gasteiger partial charge on any atom is 0.0957 e. The van der Waals surface area contributed by atoms with Gasteiger partial charge in [0.2, 0.25) is 0 Å². The second-order valence-corrected chi connectivity index (χ2v) is 3.87. The smallest absolute Gasteiger partial charge is 0.0957 e. The molecule has 0 aromatic heterocycles. The van der Waals surface area contributed by atoms with Crippen LogP contribution in [0.2, 0.25) is 0 Å². The Morgan fingerprint density at radius 1 is 1.07 bits per heavy atom. The van der Waals surface area contributed by atoms with E-state index >= 15 is 0 Å². The monoisotopic (exact) mass is 196 g/mol. The van der Waals surface area contributed by atoms with Crippen LogP contribution in [0, 0.1) is 10.8 Å². The van der Waals surface area contributed by atoms with E-state index in [2.05, 4.69) is 4.90 Å². The number of amidine groups is 2. The van der Waals surface area contributed by atoms with Crippen LogP contribution < -0.4 is 5.73 Å². The minimum absolute atomic E-state index is 0.233. The average Bonchev–Trinajstić information content (AvgIpc) is 2.18. The molecule has 0 aromatic rings. The van der Waals surface area contributed by atoms with E-state index in [0.29, 0.717) is 6.42 Å². The lowest BCUT2D eigenvalue weighted by Gasteiger charge is -2.29. The van der Waals surface area contributed by atoms with Gasteiger partial charge in [-0.1, -0.05) is 0 Å². The van der Waals surface area contributed by atoms with E-state index in [4.69, 9.17) is 16.6 Å². The number of hydrogen-bond acceptors (Lipinski definition) is 2. The molecule has 1 aliphatic heterocycles. The maximum absolute atomic E-state index is 7.84. The van der Waals surface area contributed by atoms with Crippen LogP contribution in [-0.2, 0) is 0 Å². The molecule has 14 heavy (non-hydrogen) atoms. The Morgan fingerprint density at radius 2 is 1.71 bits per heavy atom. The first-order chi connectivity index (χ1) is 6.70. The molecule has 4 N–H and O–H groups in total. The van der Waals surface area contributed by atoms with Crippen molar-refractivity contribution in [3.63, 3.8) is 0 Å². The van der Waals surface area contributed by atoms with E-state index in [0.717, 1.165) is 31.8 Å². The van der Waals surface area contributed by atoms with Gasteiger partial charge in [0.15, 0.2) is 0 Å². The van der Waals surface area contributed by atoms with Gasteiger partial charge in [-0.25, -0.2) is 0 Å². The lowest BCUT2D eigenvalue weighted by atomic mass is 10.1. The van der Waals surface area contributed by atoms with Gasteiger partial charge in [0.1, 0.15) is 0 Å². The summed E-state index contributed by atoms with van der Waals surface area (Å²) < 4.78 is 0. The van der Waals surface area contributed by atoms with Gasteiger partial charge in [-0.05, 0) is 25.7 Å². The maximum atomic E-state index is 7.84. The van der Waals surface area contributed by atoms with Crippen LogP contribution in [0.5, 0.6) is 0 Å². The van der Waals surface area contributed by atoms with Gasteiger partial charge in [0.25, 0.3) is 0 Å². The predicted octanol–water partition coefficient (Wildman–Crippen LogP) is 1.56. The molecular weight excluding hydrogens is 176 g/mol. The first-order valence-electron chi connectivity index (χ1n) is 5.35. The Balaban J connectivity index is 2.16. The Morgan fingerprint density at radius 3 is 2.29 bits per heavy atom. The van der Waals surface area contributed by atoms with E-state index in [9.17, 15) is 0 Å². The molecule has 0 unspecified atom stereocenters. The molecule has 80 valence electrons. The van der Waals surface area contributed by atoms with Gasteiger partial charge >= 0.3 is 0 Å². The van der Waals surface area contributed by atoms with Crippen molar-refractivity contribution in [1.29, 1.82) is 10.8 Å². The second-order valence-electron chi connectivity index (χ2n) is 3.87. The highest BCUT2D eigenvalue weighted by molar-refractivity contribution is 5.81. The Bertz CT molecular complexity index is 206. The molecule has 0 amide bonds. The van der Waals surface area contributed by atoms with Crippen molar-refractivity contribution in [3.8, 4) is 0 Å². The van der Waals surface area contributed by atoms with Crippen LogP contribution in [0.4, 0.5) is 0 Å². The van der Waals surface area contributed by atoms with Crippen LogP contribution in [0.3, 0.4) is 0 Å². The lowest BCUT2D eigenvalue weighted by Crippen LogP contribution is -2.35. The molecule has 0 spiro atoms. The largest absolute Gasteiger partial charge is 0.388 e. The molecule has 0 atom stereocenters. The zero-order chi connectivity index (χ0) is 10.4. The zero-order valence-electron chi connectivity index (χ0n) is 8.68. The van der Waals surface area contributed by atoms with E-state index in [1.54, 1.807) is 0 Å². The van der Waals surface area contributed by atoms with Crippen molar-refractivity contribution in [3.05, 3.63) is 0 Å². The van der Waals surface area contributed by atoms with Crippen molar-refractivity contribution >= 4 is 11.7 Å². The number of rotatable bonds is 4. The van der Waals surface area contributed by atoms with E-state index in [1.165, 1.54) is 19.3 Å². The Labute approximate surface area is 85.5 Å². The van der Waals surface area contributed by atoms with Gasteiger partial charge in [0, 0.05) is 25.9 Å². The number of nitrogens with zero attached hydrogens (tertiary/aromatic N) is 1. The molecule has 0 aromatic carbocycles. The third-order valence-corrected chi connectivity index (χ3v) is 2.60. The fourth-order valence-corrected chi connectivity index (χ4v) is 1.77. The third-order valence-electron chi connectivity index (χ3n) is 2.60. The number of likely N-dealkylation sites (tertiary alicyclic amines) is 1. The minimum Gasteiger partial charge on any atom is -0.388 e. The van der Waals surface area contributed by atoms with Crippen LogP contribution in [0.25, 0.3) is 0 Å². The highest BCUT2D eigenvalue weighted by Gasteiger charge is 2.12. The summed E-state index contributed by atoms with van der Waals surface area (Å²) in [6.07, 6.45) is 5.96. The third kappa shape index (κ3) is 3.77. The molecule has 0 bridgehead atoms. The summed E-state index contributed by atoms with van der Waals surface area (Å²) in [6, 6.07) is 0. The molecule has 1 heterocycles. The van der Waals surface area contributed by atoms with Crippen LogP contribution in [0.1, 0.15) is 38.5 Å². The molecule has 0 radical (unpaired) electrons. The zero-order valence-corrected chi connectivity index (χ0v) is 8.68. The van der Waals surface area contributed by atoms with Crippen molar-refractivity contribution in [1.82, 2.24) is 4.90 Å². The number of nitrogens with one attached hydrogen (secondary N) is 2. The predicted molar refractivity (Wildman–Crippen MR) is 58.9 cm³/mol. The van der Waals surface area contributed by atoms with Crippen LogP contribution in [-0.4, -0.2) is 29.7 Å². The fraction of sp³-hybridized carbons (Fsp3) is 0.800. The second kappa shape index (κ2) is 5.62. The number of piperidine rings is 1. The van der Waals surface area contributed by atoms with E-state index < -0.39 is 0 Å². The lowest BCUT2D eigenvalue weighted by molar-refractivity contribution is 0.334. The first kappa shape index (κ1) is 11.0. The fourth-order valence-electron chi connectivity index (χ4n) is 1.77. The molecule has 4 nitrogen and oxygen atoms in total. The SMILES string of the molecule is N=C(N)CCCC(=N)N1CCCCC1. The molecule has 1 aliphatic rings. The molecule has 1 fully saturated rings. The summed E-state index contributed by atoms with van der Waals surface area (Å²) in [7, 11) is 0. The first-order valence-corrected chi connectivity index (χ1v) is 5.35.